The average molecular weight is 427 g/mol. The van der Waals surface area contributed by atoms with Gasteiger partial charge in [0.25, 0.3) is 5.91 Å². The van der Waals surface area contributed by atoms with Crippen molar-refractivity contribution in [2.24, 2.45) is 0 Å². The first-order valence-electron chi connectivity index (χ1n) is 9.47. The third-order valence-electron chi connectivity index (χ3n) is 5.20. The maximum atomic E-state index is 13.3. The molecule has 0 radical (unpaired) electrons. The van der Waals surface area contributed by atoms with Crippen LogP contribution in [-0.4, -0.2) is 25.2 Å². The Kier molecular flexibility index (Phi) is 5.54. The van der Waals surface area contributed by atoms with E-state index in [1.54, 1.807) is 5.38 Å². The van der Waals surface area contributed by atoms with Crippen molar-refractivity contribution in [3.8, 4) is 0 Å². The van der Waals surface area contributed by atoms with Crippen LogP contribution in [0.4, 0.5) is 0 Å². The molecule has 5 nitrogen and oxygen atoms in total. The van der Waals surface area contributed by atoms with Crippen LogP contribution in [-0.2, 0) is 23.0 Å². The third kappa shape index (κ3) is 3.99. The van der Waals surface area contributed by atoms with Gasteiger partial charge in [0.15, 0.2) is 0 Å². The molecule has 150 valence electrons. The van der Waals surface area contributed by atoms with Crippen molar-refractivity contribution in [3.63, 3.8) is 0 Å². The van der Waals surface area contributed by atoms with Gasteiger partial charge in [-0.3, -0.25) is 4.79 Å². The lowest BCUT2D eigenvalue weighted by Crippen LogP contribution is -2.37. The Hall–Kier alpha value is -2.48. The number of carbonyl (C=O) groups is 1. The number of nitrogens with one attached hydrogen (secondary N) is 1. The van der Waals surface area contributed by atoms with Gasteiger partial charge in [-0.25, -0.2) is 8.42 Å². The van der Waals surface area contributed by atoms with Crippen molar-refractivity contribution in [3.05, 3.63) is 87.6 Å². The fraction of sp³-hybridized carbons (Fsp3) is 0.227. The van der Waals surface area contributed by atoms with Gasteiger partial charge in [-0.1, -0.05) is 54.6 Å². The first-order valence-corrected chi connectivity index (χ1v) is 11.8. The number of thiophene rings is 1. The number of carbonyl (C=O) groups excluding carboxylic acids is 1. The normalized spacial score (nSPS) is 15.5. The quantitative estimate of drug-likeness (QED) is 0.671. The summed E-state index contributed by atoms with van der Waals surface area (Å²) in [6.45, 7) is 2.63. The fourth-order valence-corrected chi connectivity index (χ4v) is 6.29. The number of rotatable bonds is 5. The van der Waals surface area contributed by atoms with Crippen molar-refractivity contribution in [1.82, 2.24) is 9.62 Å². The molecule has 7 heteroatoms. The molecule has 0 saturated heterocycles. The zero-order chi connectivity index (χ0) is 20.4. The average Bonchev–Trinajstić information content (AvgIpc) is 3.25. The lowest BCUT2D eigenvalue weighted by Gasteiger charge is -2.28. The lowest BCUT2D eigenvalue weighted by molar-refractivity contribution is 0.0941. The first kappa shape index (κ1) is 19.8. The number of hydrogen-bond donors (Lipinski definition) is 1. The molecule has 1 unspecified atom stereocenters. The Balaban J connectivity index is 1.56. The Bertz CT molecular complexity index is 1120. The van der Waals surface area contributed by atoms with Crippen LogP contribution >= 0.6 is 11.3 Å². The summed E-state index contributed by atoms with van der Waals surface area (Å²) >= 11 is 1.15. The summed E-state index contributed by atoms with van der Waals surface area (Å²) in [5.74, 6) is -0.368. The van der Waals surface area contributed by atoms with E-state index in [9.17, 15) is 13.2 Å². The largest absolute Gasteiger partial charge is 0.345 e. The molecule has 4 rings (SSSR count). The highest BCUT2D eigenvalue weighted by molar-refractivity contribution is 7.89. The smallest absolute Gasteiger partial charge is 0.263 e. The van der Waals surface area contributed by atoms with Crippen LogP contribution in [0.15, 0.2) is 70.9 Å². The third-order valence-corrected chi connectivity index (χ3v) is 8.13. The van der Waals surface area contributed by atoms with Gasteiger partial charge in [-0.2, -0.15) is 4.31 Å². The van der Waals surface area contributed by atoms with Crippen molar-refractivity contribution in [2.75, 3.05) is 6.54 Å². The molecule has 29 heavy (non-hydrogen) atoms. The molecule has 1 aromatic heterocycles. The zero-order valence-corrected chi connectivity index (χ0v) is 17.7. The monoisotopic (exact) mass is 426 g/mol. The SMILES string of the molecule is CC(NC(=O)c1sccc1S(=O)(=O)N1CCc2ccccc2C1)c1ccccc1. The number of fused-ring (bicyclic) bond motifs is 1. The topological polar surface area (TPSA) is 66.5 Å². The highest BCUT2D eigenvalue weighted by atomic mass is 32.2. The van der Waals surface area contributed by atoms with E-state index in [2.05, 4.69) is 5.32 Å². The molecule has 0 saturated carbocycles. The van der Waals surface area contributed by atoms with Gasteiger partial charge in [0, 0.05) is 13.1 Å². The van der Waals surface area contributed by atoms with Gasteiger partial charge in [0.1, 0.15) is 9.77 Å². The first-order chi connectivity index (χ1) is 14.0. The lowest BCUT2D eigenvalue weighted by atomic mass is 10.0. The maximum absolute atomic E-state index is 13.3. The maximum Gasteiger partial charge on any atom is 0.263 e. The fourth-order valence-electron chi connectivity index (χ4n) is 3.57. The minimum absolute atomic E-state index is 0.0830. The Labute approximate surface area is 175 Å². The predicted octanol–water partition coefficient (Wildman–Crippen LogP) is 3.99. The van der Waals surface area contributed by atoms with Gasteiger partial charge >= 0.3 is 0 Å². The van der Waals surface area contributed by atoms with Gasteiger partial charge in [-0.05, 0) is 41.5 Å². The summed E-state index contributed by atoms with van der Waals surface area (Å²) in [6, 6.07) is 18.8. The second-order valence-corrected chi connectivity index (χ2v) is 9.90. The number of benzene rings is 2. The van der Waals surface area contributed by atoms with E-state index >= 15 is 0 Å². The molecule has 1 N–H and O–H groups in total. The minimum atomic E-state index is -3.75. The molecule has 3 aromatic rings. The zero-order valence-electron chi connectivity index (χ0n) is 16.0. The van der Waals surface area contributed by atoms with Crippen LogP contribution in [0.2, 0.25) is 0 Å². The number of hydrogen-bond acceptors (Lipinski definition) is 4. The molecule has 1 atom stereocenters. The van der Waals surface area contributed by atoms with E-state index in [4.69, 9.17) is 0 Å². The second kappa shape index (κ2) is 8.10. The van der Waals surface area contributed by atoms with Crippen LogP contribution < -0.4 is 5.32 Å². The van der Waals surface area contributed by atoms with Crippen molar-refractivity contribution in [1.29, 1.82) is 0 Å². The van der Waals surface area contributed by atoms with Crippen molar-refractivity contribution >= 4 is 27.3 Å². The highest BCUT2D eigenvalue weighted by Gasteiger charge is 2.32. The molecule has 1 amide bonds. The Morgan fingerprint density at radius 1 is 1.03 bits per heavy atom. The summed E-state index contributed by atoms with van der Waals surface area (Å²) < 4.78 is 28.1. The standard InChI is InChI=1S/C22H22N2O3S2/c1-16(17-7-3-2-4-8-17)23-22(25)21-20(12-14-28-21)29(26,27)24-13-11-18-9-5-6-10-19(18)15-24/h2-10,12,14,16H,11,13,15H2,1H3,(H,23,25). The molecule has 2 heterocycles. The van der Waals surface area contributed by atoms with Crippen LogP contribution in [0.3, 0.4) is 0 Å². The number of sulfonamides is 1. The molecule has 0 fully saturated rings. The van der Waals surface area contributed by atoms with E-state index < -0.39 is 10.0 Å². The Morgan fingerprint density at radius 3 is 2.48 bits per heavy atom. The summed E-state index contributed by atoms with van der Waals surface area (Å²) in [5.41, 5.74) is 3.16. The van der Waals surface area contributed by atoms with Crippen LogP contribution in [0.5, 0.6) is 0 Å². The van der Waals surface area contributed by atoms with Crippen molar-refractivity contribution in [2.45, 2.75) is 30.8 Å². The molecule has 0 spiro atoms. The van der Waals surface area contributed by atoms with Gasteiger partial charge in [-0.15, -0.1) is 11.3 Å². The van der Waals surface area contributed by atoms with E-state index in [0.717, 1.165) is 22.5 Å². The summed E-state index contributed by atoms with van der Waals surface area (Å²) in [6.07, 6.45) is 0.673. The van der Waals surface area contributed by atoms with Gasteiger partial charge < -0.3 is 5.32 Å². The molecule has 1 aliphatic rings. The Morgan fingerprint density at radius 2 is 1.72 bits per heavy atom. The molecule has 0 bridgehead atoms. The number of amides is 1. The van der Waals surface area contributed by atoms with Crippen LogP contribution in [0.1, 0.15) is 39.3 Å². The molecular weight excluding hydrogens is 404 g/mol. The number of nitrogens with zero attached hydrogens (tertiary/aromatic N) is 1. The summed E-state index contributed by atoms with van der Waals surface area (Å²) in [5, 5.41) is 4.58. The van der Waals surface area contributed by atoms with Crippen LogP contribution in [0, 0.1) is 0 Å². The molecule has 1 aliphatic heterocycles. The minimum Gasteiger partial charge on any atom is -0.345 e. The van der Waals surface area contributed by atoms with Crippen molar-refractivity contribution < 1.29 is 13.2 Å². The highest BCUT2D eigenvalue weighted by Crippen LogP contribution is 2.29. The molecule has 2 aromatic carbocycles. The van der Waals surface area contributed by atoms with E-state index in [1.807, 2.05) is 61.5 Å². The second-order valence-electron chi connectivity index (χ2n) is 7.08. The van der Waals surface area contributed by atoms with E-state index in [1.165, 1.54) is 15.9 Å². The predicted molar refractivity (Wildman–Crippen MR) is 114 cm³/mol. The van der Waals surface area contributed by atoms with E-state index in [-0.39, 0.29) is 21.7 Å². The molecular formula is C22H22N2O3S2. The van der Waals surface area contributed by atoms with Crippen LogP contribution in [0.25, 0.3) is 0 Å². The van der Waals surface area contributed by atoms with Gasteiger partial charge in [0.2, 0.25) is 10.0 Å². The summed E-state index contributed by atoms with van der Waals surface area (Å²) in [7, 11) is -3.75. The molecule has 0 aliphatic carbocycles. The van der Waals surface area contributed by atoms with Gasteiger partial charge in [0.05, 0.1) is 6.04 Å². The summed E-state index contributed by atoms with van der Waals surface area (Å²) in [4.78, 5) is 13.2. The van der Waals surface area contributed by atoms with E-state index in [0.29, 0.717) is 19.5 Å².